The zero-order chi connectivity index (χ0) is 10.9. The van der Waals surface area contributed by atoms with Crippen molar-refractivity contribution in [2.45, 2.75) is 27.7 Å². The zero-order valence-corrected chi connectivity index (χ0v) is 9.39. The molecule has 0 amide bonds. The summed E-state index contributed by atoms with van der Waals surface area (Å²) in [6.45, 7) is 8.06. The normalized spacial score (nSPS) is 10.1. The van der Waals surface area contributed by atoms with Gasteiger partial charge in [-0.3, -0.25) is 0 Å². The molecule has 0 spiro atoms. The second-order valence-corrected chi connectivity index (χ2v) is 3.61. The van der Waals surface area contributed by atoms with Gasteiger partial charge in [0.25, 0.3) is 0 Å². The van der Waals surface area contributed by atoms with E-state index in [1.807, 2.05) is 26.8 Å². The number of esters is 1. The van der Waals surface area contributed by atoms with Crippen molar-refractivity contribution >= 4 is 5.97 Å². The first-order chi connectivity index (χ1) is 6.49. The number of aryl methyl sites for hydroxylation is 1. The Hall–Kier alpha value is -1.31. The molecular weight excluding hydrogens is 176 g/mol. The minimum atomic E-state index is -0.256. The van der Waals surface area contributed by atoms with Crippen molar-refractivity contribution in [1.29, 1.82) is 0 Å². The average molecular weight is 192 g/mol. The van der Waals surface area contributed by atoms with Crippen LogP contribution in [0.1, 0.15) is 32.6 Å². The van der Waals surface area contributed by atoms with Crippen LogP contribution < -0.4 is 0 Å². The monoisotopic (exact) mass is 192 g/mol. The lowest BCUT2D eigenvalue weighted by Crippen LogP contribution is -2.07. The Morgan fingerprint density at radius 2 is 1.64 bits per heavy atom. The van der Waals surface area contributed by atoms with E-state index < -0.39 is 0 Å². The molecule has 0 aliphatic rings. The van der Waals surface area contributed by atoms with Crippen molar-refractivity contribution in [2.75, 3.05) is 7.11 Å². The molecule has 0 atom stereocenters. The Balaban J connectivity index is 3.40. The number of rotatable bonds is 1. The fourth-order valence-corrected chi connectivity index (χ4v) is 1.53. The summed E-state index contributed by atoms with van der Waals surface area (Å²) in [4.78, 5) is 11.4. The lowest BCUT2D eigenvalue weighted by Gasteiger charge is -2.12. The van der Waals surface area contributed by atoms with Crippen molar-refractivity contribution < 1.29 is 9.53 Å². The van der Waals surface area contributed by atoms with Crippen molar-refractivity contribution in [3.05, 3.63) is 33.9 Å². The van der Waals surface area contributed by atoms with Crippen LogP contribution in [0.4, 0.5) is 0 Å². The van der Waals surface area contributed by atoms with Gasteiger partial charge in [-0.1, -0.05) is 0 Å². The fourth-order valence-electron chi connectivity index (χ4n) is 1.53. The third-order valence-corrected chi connectivity index (χ3v) is 2.89. The Bertz CT molecular complexity index is 378. The van der Waals surface area contributed by atoms with Crippen LogP contribution in [0.2, 0.25) is 0 Å². The number of methoxy groups -OCH3 is 1. The Morgan fingerprint density at radius 3 is 2.14 bits per heavy atom. The number of hydrogen-bond acceptors (Lipinski definition) is 2. The van der Waals surface area contributed by atoms with Gasteiger partial charge in [0.05, 0.1) is 12.7 Å². The molecule has 0 bridgehead atoms. The van der Waals surface area contributed by atoms with Gasteiger partial charge < -0.3 is 4.74 Å². The molecule has 1 aromatic carbocycles. The molecule has 0 radical (unpaired) electrons. The highest BCUT2D eigenvalue weighted by molar-refractivity contribution is 5.91. The number of ether oxygens (including phenoxy) is 1. The third kappa shape index (κ3) is 1.65. The van der Waals surface area contributed by atoms with Crippen LogP contribution in [0.3, 0.4) is 0 Å². The fraction of sp³-hybridized carbons (Fsp3) is 0.417. The number of carbonyl (C=O) groups is 1. The van der Waals surface area contributed by atoms with E-state index in [1.165, 1.54) is 18.2 Å². The average Bonchev–Trinajstić information content (AvgIpc) is 2.19. The van der Waals surface area contributed by atoms with Crippen molar-refractivity contribution in [3.63, 3.8) is 0 Å². The van der Waals surface area contributed by atoms with Crippen LogP contribution in [-0.2, 0) is 4.74 Å². The molecule has 0 saturated carbocycles. The molecule has 0 saturated heterocycles. The van der Waals surface area contributed by atoms with Crippen LogP contribution >= 0.6 is 0 Å². The SMILES string of the molecule is COC(=O)c1cc(C)c(C)c(C)c1C. The number of hydrogen-bond donors (Lipinski definition) is 0. The van der Waals surface area contributed by atoms with Crippen LogP contribution in [0, 0.1) is 27.7 Å². The molecule has 2 nitrogen and oxygen atoms in total. The minimum Gasteiger partial charge on any atom is -0.465 e. The first kappa shape index (κ1) is 10.8. The van der Waals surface area contributed by atoms with Gasteiger partial charge in [0, 0.05) is 0 Å². The second-order valence-electron chi connectivity index (χ2n) is 3.61. The molecular formula is C12H16O2. The smallest absolute Gasteiger partial charge is 0.338 e. The molecule has 76 valence electrons. The summed E-state index contributed by atoms with van der Waals surface area (Å²) in [6, 6.07) is 1.89. The van der Waals surface area contributed by atoms with E-state index in [2.05, 4.69) is 6.92 Å². The maximum Gasteiger partial charge on any atom is 0.338 e. The summed E-state index contributed by atoms with van der Waals surface area (Å²) < 4.78 is 4.73. The summed E-state index contributed by atoms with van der Waals surface area (Å²) in [5.74, 6) is -0.256. The molecule has 14 heavy (non-hydrogen) atoms. The van der Waals surface area contributed by atoms with Crippen LogP contribution in [0.5, 0.6) is 0 Å². The van der Waals surface area contributed by atoms with Crippen LogP contribution in [0.25, 0.3) is 0 Å². The van der Waals surface area contributed by atoms with Crippen LogP contribution in [0.15, 0.2) is 6.07 Å². The van der Waals surface area contributed by atoms with E-state index in [9.17, 15) is 4.79 Å². The highest BCUT2D eigenvalue weighted by Crippen LogP contribution is 2.21. The molecule has 0 unspecified atom stereocenters. The highest BCUT2D eigenvalue weighted by Gasteiger charge is 2.13. The predicted molar refractivity (Wildman–Crippen MR) is 56.7 cm³/mol. The quantitative estimate of drug-likeness (QED) is 0.639. The Morgan fingerprint density at radius 1 is 1.07 bits per heavy atom. The largest absolute Gasteiger partial charge is 0.465 e. The topological polar surface area (TPSA) is 26.3 Å². The molecule has 0 aliphatic carbocycles. The van der Waals surface area contributed by atoms with Gasteiger partial charge in [-0.15, -0.1) is 0 Å². The van der Waals surface area contributed by atoms with E-state index in [0.29, 0.717) is 5.56 Å². The second kappa shape index (κ2) is 3.82. The summed E-state index contributed by atoms with van der Waals surface area (Å²) in [7, 11) is 1.41. The van der Waals surface area contributed by atoms with Gasteiger partial charge in [0.15, 0.2) is 0 Å². The molecule has 0 fully saturated rings. The zero-order valence-electron chi connectivity index (χ0n) is 9.39. The minimum absolute atomic E-state index is 0.256. The summed E-state index contributed by atoms with van der Waals surface area (Å²) in [5, 5.41) is 0. The molecule has 1 aromatic rings. The molecule has 0 aromatic heterocycles. The van der Waals surface area contributed by atoms with E-state index in [0.717, 1.165) is 11.1 Å². The molecule has 0 N–H and O–H groups in total. The lowest BCUT2D eigenvalue weighted by atomic mass is 9.95. The predicted octanol–water partition coefficient (Wildman–Crippen LogP) is 2.71. The van der Waals surface area contributed by atoms with Gasteiger partial charge in [-0.2, -0.15) is 0 Å². The van der Waals surface area contributed by atoms with Crippen molar-refractivity contribution in [1.82, 2.24) is 0 Å². The maximum atomic E-state index is 11.4. The van der Waals surface area contributed by atoms with Crippen LogP contribution in [-0.4, -0.2) is 13.1 Å². The first-order valence-corrected chi connectivity index (χ1v) is 4.64. The molecule has 1 rings (SSSR count). The number of carbonyl (C=O) groups excluding carboxylic acids is 1. The number of benzene rings is 1. The summed E-state index contributed by atoms with van der Waals surface area (Å²) in [6.07, 6.45) is 0. The van der Waals surface area contributed by atoms with E-state index >= 15 is 0 Å². The standard InChI is InChI=1S/C12H16O2/c1-7-6-11(12(13)14-5)10(4)9(3)8(7)2/h6H,1-5H3. The molecule has 0 heterocycles. The summed E-state index contributed by atoms with van der Waals surface area (Å²) >= 11 is 0. The van der Waals surface area contributed by atoms with Gasteiger partial charge in [0.1, 0.15) is 0 Å². The molecule has 2 heteroatoms. The van der Waals surface area contributed by atoms with Gasteiger partial charge in [-0.25, -0.2) is 4.79 Å². The maximum absolute atomic E-state index is 11.4. The highest BCUT2D eigenvalue weighted by atomic mass is 16.5. The summed E-state index contributed by atoms with van der Waals surface area (Å²) in [5.41, 5.74) is 5.24. The lowest BCUT2D eigenvalue weighted by molar-refractivity contribution is 0.0599. The van der Waals surface area contributed by atoms with Gasteiger partial charge >= 0.3 is 5.97 Å². The van der Waals surface area contributed by atoms with E-state index in [1.54, 1.807) is 0 Å². The molecule has 0 aliphatic heterocycles. The van der Waals surface area contributed by atoms with Gasteiger partial charge in [-0.05, 0) is 56.0 Å². The van der Waals surface area contributed by atoms with Crippen molar-refractivity contribution in [2.24, 2.45) is 0 Å². The first-order valence-electron chi connectivity index (χ1n) is 4.64. The van der Waals surface area contributed by atoms with Gasteiger partial charge in [0.2, 0.25) is 0 Å². The van der Waals surface area contributed by atoms with E-state index in [4.69, 9.17) is 4.74 Å². The Labute approximate surface area is 84.9 Å². The van der Waals surface area contributed by atoms with E-state index in [-0.39, 0.29) is 5.97 Å². The van der Waals surface area contributed by atoms with Crippen molar-refractivity contribution in [3.8, 4) is 0 Å². The Kier molecular flexibility index (Phi) is 2.94. The third-order valence-electron chi connectivity index (χ3n) is 2.89.